The number of nitrogens with zero attached hydrogens (tertiary/aromatic N) is 1. The Morgan fingerprint density at radius 1 is 1.03 bits per heavy atom. The fourth-order valence-corrected chi connectivity index (χ4v) is 4.46. The molecule has 1 fully saturated rings. The van der Waals surface area contributed by atoms with E-state index in [2.05, 4.69) is 55.3 Å². The molecule has 32 heavy (non-hydrogen) atoms. The highest BCUT2D eigenvalue weighted by molar-refractivity contribution is 5.97. The van der Waals surface area contributed by atoms with Gasteiger partial charge in [-0.2, -0.15) is 0 Å². The molecule has 0 saturated carbocycles. The Labute approximate surface area is 190 Å². The number of likely N-dealkylation sites (tertiary alicyclic amines) is 1. The van der Waals surface area contributed by atoms with Gasteiger partial charge in [-0.15, -0.1) is 0 Å². The van der Waals surface area contributed by atoms with Gasteiger partial charge in [-0.25, -0.2) is 0 Å². The molecule has 3 aromatic rings. The van der Waals surface area contributed by atoms with Crippen molar-refractivity contribution in [2.45, 2.75) is 57.9 Å². The highest BCUT2D eigenvalue weighted by Crippen LogP contribution is 2.30. The zero-order valence-corrected chi connectivity index (χ0v) is 19.4. The number of amides is 2. The van der Waals surface area contributed by atoms with Gasteiger partial charge in [0.15, 0.2) is 0 Å². The van der Waals surface area contributed by atoms with Gasteiger partial charge in [-0.1, -0.05) is 51.1 Å². The summed E-state index contributed by atoms with van der Waals surface area (Å²) in [7, 11) is 0. The summed E-state index contributed by atoms with van der Waals surface area (Å²) in [6.07, 6.45) is 1.85. The van der Waals surface area contributed by atoms with E-state index in [-0.39, 0.29) is 17.2 Å². The summed E-state index contributed by atoms with van der Waals surface area (Å²) in [6, 6.07) is 17.6. The number of benzene rings is 2. The SMILES string of the molecule is CC(NC(=O)c1ccc(C(C)(C)C)cc1)C(=O)N1CCC(c2cc3ccccc3[nH]2)CC1. The molecule has 1 aliphatic heterocycles. The van der Waals surface area contributed by atoms with E-state index in [4.69, 9.17) is 0 Å². The maximum atomic E-state index is 12.9. The minimum Gasteiger partial charge on any atom is -0.358 e. The lowest BCUT2D eigenvalue weighted by Crippen LogP contribution is -2.49. The molecule has 0 aliphatic carbocycles. The van der Waals surface area contributed by atoms with Crippen LogP contribution in [0.2, 0.25) is 0 Å². The highest BCUT2D eigenvalue weighted by Gasteiger charge is 2.28. The van der Waals surface area contributed by atoms with Crippen LogP contribution in [-0.4, -0.2) is 40.8 Å². The summed E-state index contributed by atoms with van der Waals surface area (Å²) in [5, 5.41) is 4.11. The van der Waals surface area contributed by atoms with Crippen LogP contribution in [0.15, 0.2) is 54.6 Å². The van der Waals surface area contributed by atoms with Crippen LogP contribution in [0.3, 0.4) is 0 Å². The smallest absolute Gasteiger partial charge is 0.251 e. The summed E-state index contributed by atoms with van der Waals surface area (Å²) in [5.41, 5.74) is 4.20. The molecule has 0 bridgehead atoms. The molecule has 2 amide bonds. The third kappa shape index (κ3) is 4.72. The number of hydrogen-bond acceptors (Lipinski definition) is 2. The van der Waals surface area contributed by atoms with Gasteiger partial charge in [0.1, 0.15) is 6.04 Å². The average Bonchev–Trinajstić information content (AvgIpc) is 3.22. The molecule has 168 valence electrons. The first-order chi connectivity index (χ1) is 15.2. The van der Waals surface area contributed by atoms with Gasteiger partial charge in [-0.05, 0) is 60.4 Å². The van der Waals surface area contributed by atoms with E-state index in [9.17, 15) is 9.59 Å². The van der Waals surface area contributed by atoms with Crippen molar-refractivity contribution < 1.29 is 9.59 Å². The summed E-state index contributed by atoms with van der Waals surface area (Å²) in [6.45, 7) is 9.62. The Balaban J connectivity index is 1.32. The van der Waals surface area contributed by atoms with Gasteiger partial charge in [0.25, 0.3) is 5.91 Å². The standard InChI is InChI=1S/C27H33N3O2/c1-18(28-25(31)20-9-11-22(12-10-20)27(2,3)4)26(32)30-15-13-19(14-16-30)24-17-21-7-5-6-8-23(21)29-24/h5-12,17-19,29H,13-16H2,1-4H3,(H,28,31). The lowest BCUT2D eigenvalue weighted by Gasteiger charge is -2.33. The van der Waals surface area contributed by atoms with E-state index >= 15 is 0 Å². The molecular formula is C27H33N3O2. The fourth-order valence-electron chi connectivity index (χ4n) is 4.46. The number of aromatic nitrogens is 1. The Hall–Kier alpha value is -3.08. The first kappa shape index (κ1) is 22.1. The summed E-state index contributed by atoms with van der Waals surface area (Å²) < 4.78 is 0. The Kier molecular flexibility index (Phi) is 6.09. The first-order valence-corrected chi connectivity index (χ1v) is 11.5. The third-order valence-electron chi connectivity index (χ3n) is 6.53. The number of carbonyl (C=O) groups is 2. The maximum absolute atomic E-state index is 12.9. The van der Waals surface area contributed by atoms with E-state index in [1.54, 1.807) is 6.92 Å². The molecule has 1 atom stereocenters. The lowest BCUT2D eigenvalue weighted by atomic mass is 9.86. The Morgan fingerprint density at radius 3 is 2.31 bits per heavy atom. The fraction of sp³-hybridized carbons (Fsp3) is 0.407. The predicted molar refractivity (Wildman–Crippen MR) is 129 cm³/mol. The van der Waals surface area contributed by atoms with Crippen molar-refractivity contribution in [3.63, 3.8) is 0 Å². The number of nitrogens with one attached hydrogen (secondary N) is 2. The Morgan fingerprint density at radius 2 is 1.69 bits per heavy atom. The molecule has 1 unspecified atom stereocenters. The van der Waals surface area contributed by atoms with E-state index in [0.717, 1.165) is 18.4 Å². The minimum atomic E-state index is -0.547. The van der Waals surface area contributed by atoms with Crippen molar-refractivity contribution in [1.82, 2.24) is 15.2 Å². The molecule has 2 heterocycles. The summed E-state index contributed by atoms with van der Waals surface area (Å²) >= 11 is 0. The van der Waals surface area contributed by atoms with Crippen molar-refractivity contribution >= 4 is 22.7 Å². The molecule has 1 aliphatic rings. The van der Waals surface area contributed by atoms with Crippen LogP contribution in [0.5, 0.6) is 0 Å². The largest absolute Gasteiger partial charge is 0.358 e. The van der Waals surface area contributed by atoms with E-state index in [1.165, 1.54) is 16.6 Å². The normalized spacial score (nSPS) is 16.2. The van der Waals surface area contributed by atoms with Crippen molar-refractivity contribution in [3.05, 3.63) is 71.4 Å². The minimum absolute atomic E-state index is 0.0141. The van der Waals surface area contributed by atoms with Gasteiger partial charge in [0, 0.05) is 35.8 Å². The second-order valence-corrected chi connectivity index (χ2v) is 9.93. The van der Waals surface area contributed by atoms with Crippen LogP contribution in [-0.2, 0) is 10.2 Å². The molecule has 5 nitrogen and oxygen atoms in total. The number of aromatic amines is 1. The van der Waals surface area contributed by atoms with Crippen LogP contribution in [0, 0.1) is 0 Å². The molecule has 0 radical (unpaired) electrons. The van der Waals surface area contributed by atoms with Gasteiger partial charge in [-0.3, -0.25) is 9.59 Å². The van der Waals surface area contributed by atoms with E-state index < -0.39 is 6.04 Å². The number of hydrogen-bond donors (Lipinski definition) is 2. The predicted octanol–water partition coefficient (Wildman–Crippen LogP) is 4.99. The van der Waals surface area contributed by atoms with Crippen LogP contribution in [0.1, 0.15) is 68.1 Å². The van der Waals surface area contributed by atoms with Gasteiger partial charge >= 0.3 is 0 Å². The number of rotatable bonds is 4. The van der Waals surface area contributed by atoms with E-state index in [0.29, 0.717) is 24.6 Å². The maximum Gasteiger partial charge on any atom is 0.251 e. The van der Waals surface area contributed by atoms with Gasteiger partial charge in [0.2, 0.25) is 5.91 Å². The number of H-pyrrole nitrogens is 1. The molecule has 2 N–H and O–H groups in total. The summed E-state index contributed by atoms with van der Waals surface area (Å²) in [4.78, 5) is 31.0. The monoisotopic (exact) mass is 431 g/mol. The van der Waals surface area contributed by atoms with Gasteiger partial charge < -0.3 is 15.2 Å². The lowest BCUT2D eigenvalue weighted by molar-refractivity contribution is -0.133. The Bertz CT molecular complexity index is 1070. The molecule has 5 heteroatoms. The van der Waals surface area contributed by atoms with E-state index in [1.807, 2.05) is 35.2 Å². The second kappa shape index (κ2) is 8.81. The van der Waals surface area contributed by atoms with Gasteiger partial charge in [0.05, 0.1) is 0 Å². The molecule has 1 saturated heterocycles. The molecule has 2 aromatic carbocycles. The molecule has 4 rings (SSSR count). The average molecular weight is 432 g/mol. The van der Waals surface area contributed by atoms with Crippen LogP contribution < -0.4 is 5.32 Å². The molecular weight excluding hydrogens is 398 g/mol. The van der Waals surface area contributed by atoms with Crippen LogP contribution >= 0.6 is 0 Å². The zero-order valence-electron chi connectivity index (χ0n) is 19.4. The molecule has 0 spiro atoms. The summed E-state index contributed by atoms with van der Waals surface area (Å²) in [5.74, 6) is 0.205. The van der Waals surface area contributed by atoms with Crippen molar-refractivity contribution in [3.8, 4) is 0 Å². The topological polar surface area (TPSA) is 65.2 Å². The first-order valence-electron chi connectivity index (χ1n) is 11.5. The van der Waals surface area contributed by atoms with Crippen molar-refractivity contribution in [2.75, 3.05) is 13.1 Å². The number of piperidine rings is 1. The molecule has 1 aromatic heterocycles. The number of carbonyl (C=O) groups excluding carboxylic acids is 2. The number of fused-ring (bicyclic) bond motifs is 1. The van der Waals surface area contributed by atoms with Crippen molar-refractivity contribution in [1.29, 1.82) is 0 Å². The van der Waals surface area contributed by atoms with Crippen molar-refractivity contribution in [2.24, 2.45) is 0 Å². The second-order valence-electron chi connectivity index (χ2n) is 9.93. The highest BCUT2D eigenvalue weighted by atomic mass is 16.2. The quantitative estimate of drug-likeness (QED) is 0.611. The van der Waals surface area contributed by atoms with Crippen LogP contribution in [0.25, 0.3) is 10.9 Å². The number of para-hydroxylation sites is 1. The zero-order chi connectivity index (χ0) is 22.9. The van der Waals surface area contributed by atoms with Crippen LogP contribution in [0.4, 0.5) is 0 Å². The third-order valence-corrected chi connectivity index (χ3v) is 6.53.